The highest BCUT2D eigenvalue weighted by molar-refractivity contribution is 6.33. The Kier molecular flexibility index (Phi) is 4.63. The van der Waals surface area contributed by atoms with E-state index in [-0.39, 0.29) is 11.9 Å². The molecule has 132 valence electrons. The largest absolute Gasteiger partial charge is 0.353 e. The summed E-state index contributed by atoms with van der Waals surface area (Å²) < 4.78 is 0. The second-order valence-electron chi connectivity index (χ2n) is 6.39. The van der Waals surface area contributed by atoms with Crippen LogP contribution in [0.5, 0.6) is 0 Å². The number of carbonyl (C=O) groups excluding carboxylic acids is 1. The first-order valence-electron chi connectivity index (χ1n) is 8.62. The van der Waals surface area contributed by atoms with Gasteiger partial charge >= 0.3 is 0 Å². The number of aromatic nitrogens is 2. The Morgan fingerprint density at radius 1 is 1.15 bits per heavy atom. The van der Waals surface area contributed by atoms with Crippen LogP contribution in [0.2, 0.25) is 5.02 Å². The molecule has 2 aromatic carbocycles. The van der Waals surface area contributed by atoms with E-state index in [0.29, 0.717) is 10.6 Å². The Labute approximate surface area is 157 Å². The van der Waals surface area contributed by atoms with Crippen LogP contribution in [0, 0.1) is 0 Å². The maximum absolute atomic E-state index is 12.4. The number of aromatic amines is 1. The van der Waals surface area contributed by atoms with Gasteiger partial charge in [-0.3, -0.25) is 9.89 Å². The molecule has 4 rings (SSSR count). The fraction of sp³-hybridized carbons (Fsp3) is 0.200. The summed E-state index contributed by atoms with van der Waals surface area (Å²) in [5, 5.41) is 11.1. The topological polar surface area (TPSA) is 61.0 Å². The van der Waals surface area contributed by atoms with Gasteiger partial charge in [-0.25, -0.2) is 0 Å². The van der Waals surface area contributed by atoms with E-state index in [2.05, 4.69) is 20.4 Å². The Morgan fingerprint density at radius 2 is 1.92 bits per heavy atom. The van der Waals surface area contributed by atoms with Gasteiger partial charge in [-0.2, -0.15) is 5.10 Å². The molecule has 0 saturated carbocycles. The van der Waals surface area contributed by atoms with Gasteiger partial charge in [-0.05, 0) is 24.1 Å². The van der Waals surface area contributed by atoms with Gasteiger partial charge < -0.3 is 10.2 Å². The van der Waals surface area contributed by atoms with E-state index in [1.165, 1.54) is 0 Å². The molecule has 1 fully saturated rings. The highest BCUT2D eigenvalue weighted by Gasteiger charge is 2.26. The molecule has 1 amide bonds. The minimum atomic E-state index is -0.130. The Bertz CT molecular complexity index is 909. The molecule has 3 aromatic rings. The van der Waals surface area contributed by atoms with E-state index < -0.39 is 0 Å². The number of hydrogen-bond acceptors (Lipinski definition) is 3. The number of H-pyrrole nitrogens is 1. The van der Waals surface area contributed by atoms with Gasteiger partial charge in [0.25, 0.3) is 5.91 Å². The molecule has 6 heteroatoms. The van der Waals surface area contributed by atoms with E-state index in [1.807, 2.05) is 48.5 Å². The molecule has 0 unspecified atom stereocenters. The molecular formula is C20H19ClN4O. The average molecular weight is 367 g/mol. The zero-order chi connectivity index (χ0) is 17.9. The smallest absolute Gasteiger partial charge is 0.253 e. The lowest BCUT2D eigenvalue weighted by Crippen LogP contribution is -2.37. The third kappa shape index (κ3) is 3.44. The first-order chi connectivity index (χ1) is 12.7. The van der Waals surface area contributed by atoms with Crippen LogP contribution in [0.25, 0.3) is 11.3 Å². The van der Waals surface area contributed by atoms with Crippen LogP contribution < -0.4 is 10.2 Å². The standard InChI is InChI=1S/C20H19ClN4O/c21-17-9-5-4-8-16(17)20(26)22-15-10-11-25(13-15)19-12-18(23-24-19)14-6-2-1-3-7-14/h1-9,12,15H,10-11,13H2,(H,22,26)(H,23,24)/t15-/m0/s1. The monoisotopic (exact) mass is 366 g/mol. The minimum Gasteiger partial charge on any atom is -0.353 e. The summed E-state index contributed by atoms with van der Waals surface area (Å²) in [7, 11) is 0. The lowest BCUT2D eigenvalue weighted by Gasteiger charge is -2.16. The molecule has 1 aromatic heterocycles. The normalized spacial score (nSPS) is 16.7. The van der Waals surface area contributed by atoms with Crippen molar-refractivity contribution in [2.24, 2.45) is 0 Å². The predicted octanol–water partition coefficient (Wildman–Crippen LogP) is 3.74. The SMILES string of the molecule is O=C(N[C@H]1CCN(c2cc(-c3ccccc3)[nH]n2)C1)c1ccccc1Cl. The molecule has 5 nitrogen and oxygen atoms in total. The van der Waals surface area contributed by atoms with Crippen LogP contribution >= 0.6 is 11.6 Å². The lowest BCUT2D eigenvalue weighted by atomic mass is 10.1. The zero-order valence-electron chi connectivity index (χ0n) is 14.2. The summed E-state index contributed by atoms with van der Waals surface area (Å²) in [5.41, 5.74) is 2.61. The van der Waals surface area contributed by atoms with E-state index in [0.717, 1.165) is 36.6 Å². The molecule has 0 aliphatic carbocycles. The van der Waals surface area contributed by atoms with Crippen molar-refractivity contribution in [2.45, 2.75) is 12.5 Å². The molecule has 0 bridgehead atoms. The molecule has 26 heavy (non-hydrogen) atoms. The van der Waals surface area contributed by atoms with Crippen molar-refractivity contribution in [2.75, 3.05) is 18.0 Å². The number of amides is 1. The first-order valence-corrected chi connectivity index (χ1v) is 8.99. The van der Waals surface area contributed by atoms with Gasteiger partial charge in [0.2, 0.25) is 0 Å². The number of anilines is 1. The molecule has 1 atom stereocenters. The van der Waals surface area contributed by atoms with Crippen molar-refractivity contribution < 1.29 is 4.79 Å². The molecule has 2 N–H and O–H groups in total. The quantitative estimate of drug-likeness (QED) is 0.739. The third-order valence-corrected chi connectivity index (χ3v) is 4.94. The van der Waals surface area contributed by atoms with Gasteiger partial charge in [0, 0.05) is 25.2 Å². The summed E-state index contributed by atoms with van der Waals surface area (Å²) >= 11 is 6.10. The van der Waals surface area contributed by atoms with Crippen LogP contribution in [0.15, 0.2) is 60.7 Å². The summed E-state index contributed by atoms with van der Waals surface area (Å²) in [5.74, 6) is 0.771. The molecule has 2 heterocycles. The second-order valence-corrected chi connectivity index (χ2v) is 6.80. The molecule has 1 aliphatic heterocycles. The van der Waals surface area contributed by atoms with Crippen molar-refractivity contribution in [3.05, 3.63) is 71.2 Å². The Morgan fingerprint density at radius 3 is 2.73 bits per heavy atom. The number of benzene rings is 2. The number of nitrogens with zero attached hydrogens (tertiary/aromatic N) is 2. The van der Waals surface area contributed by atoms with Gasteiger partial charge in [0.15, 0.2) is 5.82 Å². The van der Waals surface area contributed by atoms with E-state index >= 15 is 0 Å². The Balaban J connectivity index is 1.41. The molecule has 0 radical (unpaired) electrons. The maximum Gasteiger partial charge on any atom is 0.253 e. The second kappa shape index (κ2) is 7.22. The van der Waals surface area contributed by atoms with E-state index in [9.17, 15) is 4.79 Å². The van der Waals surface area contributed by atoms with Crippen LogP contribution in [0.3, 0.4) is 0 Å². The average Bonchev–Trinajstić information content (AvgIpc) is 3.32. The molecular weight excluding hydrogens is 348 g/mol. The van der Waals surface area contributed by atoms with Gasteiger partial charge in [-0.15, -0.1) is 0 Å². The fourth-order valence-corrected chi connectivity index (χ4v) is 3.45. The van der Waals surface area contributed by atoms with Crippen LogP contribution in [-0.4, -0.2) is 35.2 Å². The molecule has 1 saturated heterocycles. The van der Waals surface area contributed by atoms with Crippen molar-refractivity contribution in [1.29, 1.82) is 0 Å². The summed E-state index contributed by atoms with van der Waals surface area (Å²) in [6.07, 6.45) is 0.879. The van der Waals surface area contributed by atoms with Crippen LogP contribution in [-0.2, 0) is 0 Å². The van der Waals surface area contributed by atoms with E-state index in [1.54, 1.807) is 12.1 Å². The number of hydrogen-bond donors (Lipinski definition) is 2. The van der Waals surface area contributed by atoms with Crippen molar-refractivity contribution in [1.82, 2.24) is 15.5 Å². The summed E-state index contributed by atoms with van der Waals surface area (Å²) in [6.45, 7) is 1.59. The minimum absolute atomic E-state index is 0.0793. The predicted molar refractivity (Wildman–Crippen MR) is 104 cm³/mol. The number of rotatable bonds is 4. The van der Waals surface area contributed by atoms with Crippen LogP contribution in [0.4, 0.5) is 5.82 Å². The number of nitrogens with one attached hydrogen (secondary N) is 2. The van der Waals surface area contributed by atoms with E-state index in [4.69, 9.17) is 11.6 Å². The van der Waals surface area contributed by atoms with Gasteiger partial charge in [-0.1, -0.05) is 54.1 Å². The molecule has 0 spiro atoms. The Hall–Kier alpha value is -2.79. The number of carbonyl (C=O) groups is 1. The highest BCUT2D eigenvalue weighted by Crippen LogP contribution is 2.24. The zero-order valence-corrected chi connectivity index (χ0v) is 14.9. The fourth-order valence-electron chi connectivity index (χ4n) is 3.23. The summed E-state index contributed by atoms with van der Waals surface area (Å²) in [4.78, 5) is 14.6. The van der Waals surface area contributed by atoms with Crippen molar-refractivity contribution in [3.8, 4) is 11.3 Å². The highest BCUT2D eigenvalue weighted by atomic mass is 35.5. The third-order valence-electron chi connectivity index (χ3n) is 4.62. The van der Waals surface area contributed by atoms with Gasteiger partial charge in [0.05, 0.1) is 16.3 Å². The van der Waals surface area contributed by atoms with Crippen LogP contribution in [0.1, 0.15) is 16.8 Å². The van der Waals surface area contributed by atoms with Gasteiger partial charge in [0.1, 0.15) is 0 Å². The summed E-state index contributed by atoms with van der Waals surface area (Å²) in [6, 6.07) is 19.3. The lowest BCUT2D eigenvalue weighted by molar-refractivity contribution is 0.0940. The molecule has 1 aliphatic rings. The maximum atomic E-state index is 12.4. The van der Waals surface area contributed by atoms with Crippen molar-refractivity contribution >= 4 is 23.3 Å². The number of halogens is 1. The first kappa shape index (κ1) is 16.7. The van der Waals surface area contributed by atoms with Crippen molar-refractivity contribution in [3.63, 3.8) is 0 Å².